The van der Waals surface area contributed by atoms with Gasteiger partial charge in [0, 0.05) is 51.2 Å². The van der Waals surface area contributed by atoms with Crippen LogP contribution in [0.5, 0.6) is 0 Å². The van der Waals surface area contributed by atoms with Crippen molar-refractivity contribution in [3.63, 3.8) is 0 Å². The average Bonchev–Trinajstić information content (AvgIpc) is 2.90. The number of ether oxygens (including phenoxy) is 1. The monoisotopic (exact) mass is 357 g/mol. The summed E-state index contributed by atoms with van der Waals surface area (Å²) in [6.45, 7) is 4.73. The lowest BCUT2D eigenvalue weighted by molar-refractivity contribution is -0.00561. The van der Waals surface area contributed by atoms with Gasteiger partial charge in [-0.15, -0.1) is 0 Å². The Kier molecular flexibility index (Phi) is 5.46. The summed E-state index contributed by atoms with van der Waals surface area (Å²) in [6.07, 6.45) is 4.98. The van der Waals surface area contributed by atoms with Crippen LogP contribution in [0.4, 0.5) is 4.79 Å². The van der Waals surface area contributed by atoms with Gasteiger partial charge < -0.3 is 15.0 Å². The first kappa shape index (κ1) is 17.8. The van der Waals surface area contributed by atoms with E-state index in [1.54, 1.807) is 0 Å². The third kappa shape index (κ3) is 3.89. The molecule has 3 fully saturated rings. The molecule has 5 heteroatoms. The SMILES string of the molecule is COC1[C@@H]2CC[C@H]1CN(C(=O)N[C@H]1CCCN(Cc3ccccc3)C1)C2. The molecule has 1 aromatic carbocycles. The Labute approximate surface area is 156 Å². The number of urea groups is 1. The maximum Gasteiger partial charge on any atom is 0.317 e. The standard InChI is InChI=1S/C21H31N3O2/c1-26-20-17-9-10-18(20)14-24(13-17)21(25)22-19-8-5-11-23(15-19)12-16-6-3-2-4-7-16/h2-4,6-7,17-20H,5,8-15H2,1H3,(H,22,25)/t17-,18+,19-,20?/m0/s1. The Bertz CT molecular complexity index is 595. The first-order valence-corrected chi connectivity index (χ1v) is 10.1. The molecule has 2 saturated heterocycles. The minimum Gasteiger partial charge on any atom is -0.381 e. The van der Waals surface area contributed by atoms with E-state index in [2.05, 4.69) is 40.5 Å². The highest BCUT2D eigenvalue weighted by molar-refractivity contribution is 5.74. The van der Waals surface area contributed by atoms with Gasteiger partial charge in [0.05, 0.1) is 6.10 Å². The number of nitrogens with zero attached hydrogens (tertiary/aromatic N) is 2. The number of carbonyl (C=O) groups excluding carboxylic acids is 1. The molecule has 1 aliphatic carbocycles. The molecule has 2 bridgehead atoms. The molecule has 3 aliphatic rings. The molecular weight excluding hydrogens is 326 g/mol. The predicted molar refractivity (Wildman–Crippen MR) is 102 cm³/mol. The predicted octanol–water partition coefficient (Wildman–Crippen LogP) is 2.72. The van der Waals surface area contributed by atoms with Crippen LogP contribution in [-0.4, -0.2) is 61.3 Å². The fourth-order valence-electron chi connectivity index (χ4n) is 5.15. The van der Waals surface area contributed by atoms with Crippen LogP contribution < -0.4 is 5.32 Å². The van der Waals surface area contributed by atoms with Gasteiger partial charge in [-0.1, -0.05) is 30.3 Å². The molecule has 4 atom stereocenters. The maximum atomic E-state index is 12.8. The third-order valence-corrected chi connectivity index (χ3v) is 6.39. The summed E-state index contributed by atoms with van der Waals surface area (Å²) >= 11 is 0. The van der Waals surface area contributed by atoms with Gasteiger partial charge in [-0.2, -0.15) is 0 Å². The summed E-state index contributed by atoms with van der Waals surface area (Å²) in [7, 11) is 1.81. The van der Waals surface area contributed by atoms with Crippen LogP contribution >= 0.6 is 0 Å². The van der Waals surface area contributed by atoms with Gasteiger partial charge in [0.15, 0.2) is 0 Å². The molecule has 0 radical (unpaired) electrons. The van der Waals surface area contributed by atoms with Gasteiger partial charge in [0.2, 0.25) is 0 Å². The summed E-state index contributed by atoms with van der Waals surface area (Å²) in [5.74, 6) is 1.04. The van der Waals surface area contributed by atoms with E-state index in [1.807, 2.05) is 12.0 Å². The molecule has 1 unspecified atom stereocenters. The highest BCUT2D eigenvalue weighted by atomic mass is 16.5. The third-order valence-electron chi connectivity index (χ3n) is 6.39. The van der Waals surface area contributed by atoms with Crippen molar-refractivity contribution in [1.29, 1.82) is 0 Å². The number of piperidine rings is 2. The van der Waals surface area contributed by atoms with Crippen molar-refractivity contribution in [2.24, 2.45) is 11.8 Å². The van der Waals surface area contributed by atoms with E-state index in [4.69, 9.17) is 4.74 Å². The summed E-state index contributed by atoms with van der Waals surface area (Å²) < 4.78 is 5.66. The zero-order valence-electron chi connectivity index (χ0n) is 15.8. The Hall–Kier alpha value is -1.59. The van der Waals surface area contributed by atoms with Crippen LogP contribution in [0.3, 0.4) is 0 Å². The topological polar surface area (TPSA) is 44.8 Å². The van der Waals surface area contributed by atoms with E-state index in [0.717, 1.165) is 45.6 Å². The second kappa shape index (κ2) is 7.97. The van der Waals surface area contributed by atoms with Crippen molar-refractivity contribution in [2.45, 2.75) is 44.4 Å². The number of nitrogens with one attached hydrogen (secondary N) is 1. The largest absolute Gasteiger partial charge is 0.381 e. The Balaban J connectivity index is 1.29. The number of likely N-dealkylation sites (tertiary alicyclic amines) is 2. The minimum atomic E-state index is 0.128. The van der Waals surface area contributed by atoms with E-state index >= 15 is 0 Å². The molecule has 0 spiro atoms. The van der Waals surface area contributed by atoms with Crippen LogP contribution in [0.15, 0.2) is 30.3 Å². The van der Waals surface area contributed by atoms with Gasteiger partial charge in [-0.25, -0.2) is 4.79 Å². The average molecular weight is 357 g/mol. The number of hydrogen-bond acceptors (Lipinski definition) is 3. The first-order valence-electron chi connectivity index (χ1n) is 10.1. The van der Waals surface area contributed by atoms with E-state index in [-0.39, 0.29) is 12.1 Å². The number of hydrogen-bond donors (Lipinski definition) is 1. The quantitative estimate of drug-likeness (QED) is 0.901. The molecular formula is C21H31N3O2. The molecule has 1 N–H and O–H groups in total. The van der Waals surface area contributed by atoms with Crippen molar-refractivity contribution in [2.75, 3.05) is 33.3 Å². The lowest BCUT2D eigenvalue weighted by Crippen LogP contribution is -2.55. The van der Waals surface area contributed by atoms with Gasteiger partial charge >= 0.3 is 6.03 Å². The van der Waals surface area contributed by atoms with E-state index in [0.29, 0.717) is 17.9 Å². The van der Waals surface area contributed by atoms with Gasteiger partial charge in [0.25, 0.3) is 0 Å². The number of methoxy groups -OCH3 is 1. The number of benzene rings is 1. The van der Waals surface area contributed by atoms with Gasteiger partial charge in [-0.05, 0) is 37.8 Å². The van der Waals surface area contributed by atoms with Gasteiger partial charge in [0.1, 0.15) is 0 Å². The van der Waals surface area contributed by atoms with Crippen LogP contribution in [0.2, 0.25) is 0 Å². The molecule has 1 aromatic rings. The molecule has 2 aliphatic heterocycles. The van der Waals surface area contributed by atoms with E-state index in [1.165, 1.54) is 18.4 Å². The number of amides is 2. The van der Waals surface area contributed by atoms with Crippen molar-refractivity contribution in [3.8, 4) is 0 Å². The van der Waals surface area contributed by atoms with Crippen molar-refractivity contribution >= 4 is 6.03 Å². The Morgan fingerprint density at radius 1 is 1.12 bits per heavy atom. The summed E-state index contributed by atoms with van der Waals surface area (Å²) in [4.78, 5) is 17.3. The molecule has 5 nitrogen and oxygen atoms in total. The Morgan fingerprint density at radius 3 is 2.54 bits per heavy atom. The zero-order valence-corrected chi connectivity index (χ0v) is 15.8. The summed E-state index contributed by atoms with van der Waals surface area (Å²) in [5, 5.41) is 3.31. The Morgan fingerprint density at radius 2 is 1.85 bits per heavy atom. The van der Waals surface area contributed by atoms with Crippen molar-refractivity contribution in [1.82, 2.24) is 15.1 Å². The molecule has 2 heterocycles. The first-order chi connectivity index (χ1) is 12.7. The lowest BCUT2D eigenvalue weighted by atomic mass is 9.95. The molecule has 1 saturated carbocycles. The maximum absolute atomic E-state index is 12.8. The summed E-state index contributed by atoms with van der Waals surface area (Å²) in [5.41, 5.74) is 1.35. The van der Waals surface area contributed by atoms with Crippen LogP contribution in [-0.2, 0) is 11.3 Å². The van der Waals surface area contributed by atoms with Gasteiger partial charge in [-0.3, -0.25) is 4.90 Å². The lowest BCUT2D eigenvalue weighted by Gasteiger charge is -2.39. The number of rotatable bonds is 4. The number of fused-ring (bicyclic) bond motifs is 2. The number of carbonyl (C=O) groups is 1. The summed E-state index contributed by atoms with van der Waals surface area (Å²) in [6, 6.07) is 11.0. The van der Waals surface area contributed by atoms with Crippen LogP contribution in [0, 0.1) is 11.8 Å². The molecule has 0 aromatic heterocycles. The fourth-order valence-corrected chi connectivity index (χ4v) is 5.15. The highest BCUT2D eigenvalue weighted by Gasteiger charge is 2.43. The smallest absolute Gasteiger partial charge is 0.317 e. The fraction of sp³-hybridized carbons (Fsp3) is 0.667. The molecule has 142 valence electrons. The van der Waals surface area contributed by atoms with Crippen molar-refractivity contribution < 1.29 is 9.53 Å². The zero-order chi connectivity index (χ0) is 17.9. The van der Waals surface area contributed by atoms with E-state index < -0.39 is 0 Å². The second-order valence-corrected chi connectivity index (χ2v) is 8.21. The van der Waals surface area contributed by atoms with Crippen LogP contribution in [0.25, 0.3) is 0 Å². The van der Waals surface area contributed by atoms with E-state index in [9.17, 15) is 4.79 Å². The second-order valence-electron chi connectivity index (χ2n) is 8.21. The highest BCUT2D eigenvalue weighted by Crippen LogP contribution is 2.38. The molecule has 4 rings (SSSR count). The molecule has 2 amide bonds. The minimum absolute atomic E-state index is 0.128. The molecule has 26 heavy (non-hydrogen) atoms. The van der Waals surface area contributed by atoms with Crippen molar-refractivity contribution in [3.05, 3.63) is 35.9 Å². The normalized spacial score (nSPS) is 31.8. The van der Waals surface area contributed by atoms with Crippen LogP contribution in [0.1, 0.15) is 31.2 Å².